The number of rotatable bonds is 3. The molecule has 114 valence electrons. The van der Waals surface area contributed by atoms with Crippen molar-refractivity contribution in [2.45, 2.75) is 44.7 Å². The van der Waals surface area contributed by atoms with E-state index in [2.05, 4.69) is 17.6 Å². The fraction of sp³-hybridized carbons (Fsp3) is 0.857. The Morgan fingerprint density at radius 1 is 1.35 bits per heavy atom. The van der Waals surface area contributed by atoms with E-state index in [0.717, 1.165) is 32.4 Å². The molecule has 0 aromatic rings. The molecule has 2 aliphatic heterocycles. The van der Waals surface area contributed by atoms with Crippen LogP contribution in [0.3, 0.4) is 0 Å². The number of halogens is 1. The van der Waals surface area contributed by atoms with Crippen molar-refractivity contribution >= 4 is 24.2 Å². The molecule has 5 nitrogen and oxygen atoms in total. The quantitative estimate of drug-likeness (QED) is 0.799. The molecule has 0 bridgehead atoms. The average Bonchev–Trinajstić information content (AvgIpc) is 3.02. The van der Waals surface area contributed by atoms with E-state index in [9.17, 15) is 9.59 Å². The number of nitrogens with zero attached hydrogens (tertiary/aromatic N) is 1. The zero-order valence-electron chi connectivity index (χ0n) is 11.9. The first-order valence-corrected chi connectivity index (χ1v) is 7.45. The average molecular weight is 302 g/mol. The summed E-state index contributed by atoms with van der Waals surface area (Å²) in [6, 6.07) is 0.468. The molecule has 1 aliphatic carbocycles. The van der Waals surface area contributed by atoms with Gasteiger partial charge in [0.2, 0.25) is 11.8 Å². The van der Waals surface area contributed by atoms with Crippen LogP contribution in [0.25, 0.3) is 0 Å². The minimum Gasteiger partial charge on any atom is -0.351 e. The maximum absolute atomic E-state index is 12.1. The highest BCUT2D eigenvalue weighted by molar-refractivity contribution is 5.85. The van der Waals surface area contributed by atoms with Crippen molar-refractivity contribution in [1.29, 1.82) is 0 Å². The fourth-order valence-corrected chi connectivity index (χ4v) is 3.29. The van der Waals surface area contributed by atoms with Crippen LogP contribution in [0.1, 0.15) is 32.6 Å². The van der Waals surface area contributed by atoms with Gasteiger partial charge in [0.25, 0.3) is 0 Å². The van der Waals surface area contributed by atoms with E-state index in [1.54, 1.807) is 0 Å². The van der Waals surface area contributed by atoms with Crippen LogP contribution in [0.5, 0.6) is 0 Å². The lowest BCUT2D eigenvalue weighted by molar-refractivity contribution is -0.128. The molecule has 2 heterocycles. The molecule has 6 heteroatoms. The third-order valence-electron chi connectivity index (χ3n) is 4.68. The van der Waals surface area contributed by atoms with Crippen molar-refractivity contribution in [2.24, 2.45) is 11.8 Å². The number of carbonyl (C=O) groups excluding carboxylic acids is 2. The highest BCUT2D eigenvalue weighted by Crippen LogP contribution is 2.37. The van der Waals surface area contributed by atoms with Crippen molar-refractivity contribution in [1.82, 2.24) is 15.5 Å². The Kier molecular flexibility index (Phi) is 4.91. The number of amides is 2. The summed E-state index contributed by atoms with van der Waals surface area (Å²) >= 11 is 0. The first-order chi connectivity index (χ1) is 9.15. The maximum Gasteiger partial charge on any atom is 0.225 e. The Hall–Kier alpha value is -0.810. The minimum atomic E-state index is 0. The predicted octanol–water partition coefficient (Wildman–Crippen LogP) is 0.533. The summed E-state index contributed by atoms with van der Waals surface area (Å²) in [5.41, 5.74) is 0. The number of piperidine rings is 1. The molecular weight excluding hydrogens is 278 g/mol. The van der Waals surface area contributed by atoms with Crippen molar-refractivity contribution in [3.8, 4) is 0 Å². The van der Waals surface area contributed by atoms with E-state index >= 15 is 0 Å². The lowest BCUT2D eigenvalue weighted by Gasteiger charge is -2.23. The Morgan fingerprint density at radius 3 is 2.60 bits per heavy atom. The Bertz CT molecular complexity index is 385. The monoisotopic (exact) mass is 301 g/mol. The number of hydrogen-bond acceptors (Lipinski definition) is 3. The van der Waals surface area contributed by atoms with Crippen LogP contribution in [0.4, 0.5) is 0 Å². The van der Waals surface area contributed by atoms with Gasteiger partial charge >= 0.3 is 0 Å². The van der Waals surface area contributed by atoms with Gasteiger partial charge in [-0.05, 0) is 38.3 Å². The summed E-state index contributed by atoms with van der Waals surface area (Å²) in [4.78, 5) is 26.1. The lowest BCUT2D eigenvalue weighted by Crippen LogP contribution is -2.43. The molecule has 1 saturated carbocycles. The number of hydrogen-bond donors (Lipinski definition) is 2. The molecule has 3 unspecified atom stereocenters. The molecule has 3 atom stereocenters. The smallest absolute Gasteiger partial charge is 0.225 e. The third kappa shape index (κ3) is 3.26. The molecule has 2 amide bonds. The zero-order valence-corrected chi connectivity index (χ0v) is 12.7. The van der Waals surface area contributed by atoms with E-state index in [1.807, 2.05) is 4.90 Å². The summed E-state index contributed by atoms with van der Waals surface area (Å²) in [5, 5.41) is 6.34. The molecule has 0 aromatic carbocycles. The van der Waals surface area contributed by atoms with Crippen molar-refractivity contribution in [3.63, 3.8) is 0 Å². The van der Waals surface area contributed by atoms with Gasteiger partial charge in [-0.1, -0.05) is 6.92 Å². The van der Waals surface area contributed by atoms with Crippen LogP contribution in [0.2, 0.25) is 0 Å². The lowest BCUT2D eigenvalue weighted by atomic mass is 9.97. The van der Waals surface area contributed by atoms with E-state index in [0.29, 0.717) is 24.9 Å². The minimum absolute atomic E-state index is 0. The maximum atomic E-state index is 12.1. The predicted molar refractivity (Wildman–Crippen MR) is 78.7 cm³/mol. The van der Waals surface area contributed by atoms with Gasteiger partial charge in [-0.3, -0.25) is 9.59 Å². The topological polar surface area (TPSA) is 61.4 Å². The normalized spacial score (nSPS) is 33.8. The Labute approximate surface area is 126 Å². The Balaban J connectivity index is 0.00000147. The van der Waals surface area contributed by atoms with Gasteiger partial charge in [-0.15, -0.1) is 12.4 Å². The van der Waals surface area contributed by atoms with Gasteiger partial charge in [0.1, 0.15) is 0 Å². The Morgan fingerprint density at radius 2 is 2.00 bits per heavy atom. The van der Waals surface area contributed by atoms with Gasteiger partial charge in [0.05, 0.1) is 6.04 Å². The van der Waals surface area contributed by atoms with Gasteiger partial charge in [-0.2, -0.15) is 0 Å². The third-order valence-corrected chi connectivity index (χ3v) is 4.68. The number of carbonyl (C=O) groups is 2. The van der Waals surface area contributed by atoms with Crippen LogP contribution in [0, 0.1) is 11.8 Å². The van der Waals surface area contributed by atoms with Crippen molar-refractivity contribution in [2.75, 3.05) is 19.6 Å². The molecule has 0 radical (unpaired) electrons. The molecule has 2 saturated heterocycles. The summed E-state index contributed by atoms with van der Waals surface area (Å²) in [7, 11) is 0. The van der Waals surface area contributed by atoms with Crippen LogP contribution in [-0.2, 0) is 9.59 Å². The van der Waals surface area contributed by atoms with Crippen LogP contribution in [-0.4, -0.2) is 48.4 Å². The SMILES string of the molecule is CC1CC1N1CC(NC(=O)C2CCNCC2)CC1=O.Cl. The first-order valence-electron chi connectivity index (χ1n) is 7.45. The molecule has 3 rings (SSSR count). The van der Waals surface area contributed by atoms with E-state index < -0.39 is 0 Å². The van der Waals surface area contributed by atoms with Gasteiger partial charge < -0.3 is 15.5 Å². The summed E-state index contributed by atoms with van der Waals surface area (Å²) in [6.45, 7) is 4.74. The second-order valence-electron chi connectivity index (χ2n) is 6.26. The van der Waals surface area contributed by atoms with E-state index in [-0.39, 0.29) is 36.2 Å². The molecule has 3 fully saturated rings. The molecular formula is C14H24ClN3O2. The summed E-state index contributed by atoms with van der Waals surface area (Å²) in [5.74, 6) is 1.13. The van der Waals surface area contributed by atoms with Crippen LogP contribution >= 0.6 is 12.4 Å². The molecule has 0 aromatic heterocycles. The number of likely N-dealkylation sites (tertiary alicyclic amines) is 1. The highest BCUT2D eigenvalue weighted by atomic mass is 35.5. The molecule has 2 N–H and O–H groups in total. The van der Waals surface area contributed by atoms with E-state index in [1.165, 1.54) is 0 Å². The number of nitrogens with one attached hydrogen (secondary N) is 2. The van der Waals surface area contributed by atoms with Crippen molar-refractivity contribution in [3.05, 3.63) is 0 Å². The molecule has 20 heavy (non-hydrogen) atoms. The second kappa shape index (κ2) is 6.31. The van der Waals surface area contributed by atoms with Gasteiger partial charge in [0.15, 0.2) is 0 Å². The zero-order chi connectivity index (χ0) is 13.4. The molecule has 0 spiro atoms. The van der Waals surface area contributed by atoms with Crippen LogP contribution in [0.15, 0.2) is 0 Å². The molecule has 3 aliphatic rings. The largest absolute Gasteiger partial charge is 0.351 e. The first kappa shape index (κ1) is 15.6. The van der Waals surface area contributed by atoms with Gasteiger partial charge in [0, 0.05) is 24.9 Å². The fourth-order valence-electron chi connectivity index (χ4n) is 3.29. The van der Waals surface area contributed by atoms with E-state index in [4.69, 9.17) is 0 Å². The summed E-state index contributed by atoms with van der Waals surface area (Å²) in [6.07, 6.45) is 3.44. The summed E-state index contributed by atoms with van der Waals surface area (Å²) < 4.78 is 0. The second-order valence-corrected chi connectivity index (χ2v) is 6.26. The van der Waals surface area contributed by atoms with Crippen LogP contribution < -0.4 is 10.6 Å². The standard InChI is InChI=1S/C14H23N3O2.ClH/c1-9-6-12(9)17-8-11(7-13(17)18)16-14(19)10-2-4-15-5-3-10;/h9-12,15H,2-8H2,1H3,(H,16,19);1H. The highest BCUT2D eigenvalue weighted by Gasteiger charge is 2.45. The van der Waals surface area contributed by atoms with Gasteiger partial charge in [-0.25, -0.2) is 0 Å². The van der Waals surface area contributed by atoms with Crippen molar-refractivity contribution < 1.29 is 9.59 Å².